The van der Waals surface area contributed by atoms with E-state index in [-0.39, 0.29) is 12.4 Å². The van der Waals surface area contributed by atoms with E-state index in [1.807, 2.05) is 37.4 Å². The van der Waals surface area contributed by atoms with Gasteiger partial charge >= 0.3 is 0 Å². The van der Waals surface area contributed by atoms with E-state index in [4.69, 9.17) is 4.52 Å². The fourth-order valence-corrected chi connectivity index (χ4v) is 4.89. The number of benzene rings is 1. The van der Waals surface area contributed by atoms with E-state index in [0.717, 1.165) is 22.3 Å². The first-order valence-electron chi connectivity index (χ1n) is 9.41. The van der Waals surface area contributed by atoms with Crippen LogP contribution in [0.1, 0.15) is 30.4 Å². The molecule has 1 amide bonds. The third-order valence-corrected chi connectivity index (χ3v) is 6.74. The molecule has 0 aliphatic heterocycles. The van der Waals surface area contributed by atoms with Crippen LogP contribution >= 0.6 is 11.3 Å². The summed E-state index contributed by atoms with van der Waals surface area (Å²) in [6.07, 6.45) is 1.40. The van der Waals surface area contributed by atoms with Gasteiger partial charge in [0.2, 0.25) is 27.6 Å². The number of carbonyl (C=O) groups excluding carboxylic acids is 1. The summed E-state index contributed by atoms with van der Waals surface area (Å²) in [5.41, 5.74) is 2.45. The Hall–Kier alpha value is -2.72. The number of nitrogens with one attached hydrogen (secondary N) is 1. The molecule has 1 N–H and O–H groups in total. The van der Waals surface area contributed by atoms with Crippen molar-refractivity contribution in [2.75, 3.05) is 10.6 Å². The summed E-state index contributed by atoms with van der Waals surface area (Å²) >= 11 is 1.48. The topological polar surface area (TPSA) is 105 Å². The normalized spacial score (nSPS) is 12.5. The number of thiophene rings is 1. The van der Waals surface area contributed by atoms with Crippen molar-refractivity contribution in [3.05, 3.63) is 52.7 Å². The lowest BCUT2D eigenvalue weighted by molar-refractivity contribution is -0.122. The Bertz CT molecular complexity index is 1120. The molecule has 8 nitrogen and oxygen atoms in total. The first kappa shape index (κ1) is 22.0. The number of hydrogen-bond donors (Lipinski definition) is 1. The number of sulfonamides is 1. The first-order chi connectivity index (χ1) is 14.2. The Labute approximate surface area is 180 Å². The van der Waals surface area contributed by atoms with Gasteiger partial charge < -0.3 is 9.84 Å². The maximum absolute atomic E-state index is 12.9. The summed E-state index contributed by atoms with van der Waals surface area (Å²) in [6, 6.07) is 8.19. The van der Waals surface area contributed by atoms with Crippen molar-refractivity contribution in [2.45, 2.75) is 39.8 Å². The summed E-state index contributed by atoms with van der Waals surface area (Å²) in [7, 11) is -3.69. The van der Waals surface area contributed by atoms with Crippen molar-refractivity contribution in [3.8, 4) is 10.7 Å². The van der Waals surface area contributed by atoms with Crippen molar-refractivity contribution >= 4 is 33.0 Å². The van der Waals surface area contributed by atoms with Crippen LogP contribution in [0, 0.1) is 13.8 Å². The van der Waals surface area contributed by atoms with Crippen LogP contribution in [0.25, 0.3) is 10.7 Å². The fraction of sp³-hybridized carbons (Fsp3) is 0.350. The molecule has 2 aromatic heterocycles. The molecule has 1 atom stereocenters. The third-order valence-electron chi connectivity index (χ3n) is 4.70. The van der Waals surface area contributed by atoms with E-state index in [9.17, 15) is 13.2 Å². The molecule has 0 saturated heterocycles. The SMILES string of the molecule is CC[C@H](C(=O)NCc1nc(-c2cccs2)no1)N(c1ccc(C)c(C)c1)S(C)(=O)=O. The Morgan fingerprint density at radius 3 is 2.63 bits per heavy atom. The molecule has 0 saturated carbocycles. The molecule has 30 heavy (non-hydrogen) atoms. The summed E-state index contributed by atoms with van der Waals surface area (Å²) in [5.74, 6) is 0.268. The van der Waals surface area contributed by atoms with Gasteiger partial charge in [-0.2, -0.15) is 4.98 Å². The zero-order valence-corrected chi connectivity index (χ0v) is 18.9. The van der Waals surface area contributed by atoms with Crippen LogP contribution in [-0.2, 0) is 21.4 Å². The molecular weight excluding hydrogens is 424 g/mol. The van der Waals surface area contributed by atoms with Crippen molar-refractivity contribution in [1.82, 2.24) is 15.5 Å². The van der Waals surface area contributed by atoms with E-state index < -0.39 is 22.0 Å². The van der Waals surface area contributed by atoms with Crippen LogP contribution in [0.4, 0.5) is 5.69 Å². The Morgan fingerprint density at radius 2 is 2.03 bits per heavy atom. The molecule has 0 spiro atoms. The van der Waals surface area contributed by atoms with Crippen molar-refractivity contribution in [2.24, 2.45) is 0 Å². The molecule has 1 aromatic carbocycles. The molecule has 0 bridgehead atoms. The van der Waals surface area contributed by atoms with E-state index >= 15 is 0 Å². The molecule has 3 aromatic rings. The second-order valence-electron chi connectivity index (χ2n) is 6.96. The number of rotatable bonds is 8. The van der Waals surface area contributed by atoms with Crippen molar-refractivity contribution < 1.29 is 17.7 Å². The monoisotopic (exact) mass is 448 g/mol. The van der Waals surface area contributed by atoms with E-state index in [0.29, 0.717) is 17.9 Å². The highest BCUT2D eigenvalue weighted by Gasteiger charge is 2.31. The molecule has 3 rings (SSSR count). The molecule has 0 aliphatic carbocycles. The number of carbonyl (C=O) groups is 1. The van der Waals surface area contributed by atoms with Gasteiger partial charge in [0, 0.05) is 0 Å². The summed E-state index contributed by atoms with van der Waals surface area (Å²) in [6.45, 7) is 5.63. The summed E-state index contributed by atoms with van der Waals surface area (Å²) in [5, 5.41) is 8.54. The van der Waals surface area contributed by atoms with Gasteiger partial charge in [0.1, 0.15) is 6.04 Å². The smallest absolute Gasteiger partial charge is 0.246 e. The molecule has 0 unspecified atom stereocenters. The minimum absolute atomic E-state index is 0.0121. The van der Waals surface area contributed by atoms with Crippen LogP contribution < -0.4 is 9.62 Å². The van der Waals surface area contributed by atoms with Crippen LogP contribution in [0.2, 0.25) is 0 Å². The van der Waals surface area contributed by atoms with Crippen LogP contribution in [0.5, 0.6) is 0 Å². The van der Waals surface area contributed by atoms with Gasteiger partial charge in [0.15, 0.2) is 0 Å². The Kier molecular flexibility index (Phi) is 6.57. The van der Waals surface area contributed by atoms with E-state index in [1.54, 1.807) is 19.1 Å². The molecular formula is C20H24N4O4S2. The van der Waals surface area contributed by atoms with Gasteiger partial charge in [-0.3, -0.25) is 9.10 Å². The number of anilines is 1. The number of nitrogens with zero attached hydrogens (tertiary/aromatic N) is 3. The summed E-state index contributed by atoms with van der Waals surface area (Å²) in [4.78, 5) is 18.0. The Morgan fingerprint density at radius 1 is 1.27 bits per heavy atom. The molecule has 0 fully saturated rings. The second-order valence-corrected chi connectivity index (χ2v) is 9.77. The lowest BCUT2D eigenvalue weighted by Crippen LogP contribution is -2.49. The van der Waals surface area contributed by atoms with Gasteiger partial charge in [0.25, 0.3) is 0 Å². The quantitative estimate of drug-likeness (QED) is 0.567. The van der Waals surface area contributed by atoms with E-state index in [2.05, 4.69) is 15.5 Å². The third kappa shape index (κ3) is 4.88. The first-order valence-corrected chi connectivity index (χ1v) is 12.1. The summed E-state index contributed by atoms with van der Waals surface area (Å²) < 4.78 is 31.5. The van der Waals surface area contributed by atoms with Gasteiger partial charge in [0.05, 0.1) is 23.4 Å². The lowest BCUT2D eigenvalue weighted by Gasteiger charge is -2.30. The van der Waals surface area contributed by atoms with Crippen LogP contribution in [0.3, 0.4) is 0 Å². The number of amides is 1. The highest BCUT2D eigenvalue weighted by molar-refractivity contribution is 7.92. The highest BCUT2D eigenvalue weighted by atomic mass is 32.2. The maximum Gasteiger partial charge on any atom is 0.246 e. The molecule has 0 aliphatic rings. The number of aryl methyl sites for hydroxylation is 2. The fourth-order valence-electron chi connectivity index (χ4n) is 3.04. The second kappa shape index (κ2) is 8.97. The zero-order chi connectivity index (χ0) is 21.9. The predicted octanol–water partition coefficient (Wildman–Crippen LogP) is 3.28. The van der Waals surface area contributed by atoms with Crippen molar-refractivity contribution in [1.29, 1.82) is 0 Å². The van der Waals surface area contributed by atoms with E-state index in [1.165, 1.54) is 15.6 Å². The average Bonchev–Trinajstić information content (AvgIpc) is 3.37. The highest BCUT2D eigenvalue weighted by Crippen LogP contribution is 2.25. The molecule has 0 radical (unpaired) electrons. The van der Waals surface area contributed by atoms with Gasteiger partial charge in [-0.1, -0.05) is 24.2 Å². The minimum Gasteiger partial charge on any atom is -0.345 e. The average molecular weight is 449 g/mol. The number of hydrogen-bond acceptors (Lipinski definition) is 7. The van der Waals surface area contributed by atoms with Crippen LogP contribution in [-0.4, -0.2) is 36.8 Å². The molecule has 160 valence electrons. The minimum atomic E-state index is -3.69. The van der Waals surface area contributed by atoms with Crippen LogP contribution in [0.15, 0.2) is 40.2 Å². The maximum atomic E-state index is 12.9. The molecule has 2 heterocycles. The zero-order valence-electron chi connectivity index (χ0n) is 17.2. The standard InChI is InChI=1S/C20H24N4O4S2/c1-5-16(24(30(4,26)27)15-9-8-13(2)14(3)11-15)20(25)21-12-18-22-19(23-28-18)17-7-6-10-29-17/h6-11,16H,5,12H2,1-4H3,(H,21,25)/t16-/m1/s1. The van der Waals surface area contributed by atoms with Crippen molar-refractivity contribution in [3.63, 3.8) is 0 Å². The van der Waals surface area contributed by atoms with Gasteiger partial charge in [-0.15, -0.1) is 11.3 Å². The number of aromatic nitrogens is 2. The van der Waals surface area contributed by atoms with Gasteiger partial charge in [-0.25, -0.2) is 8.42 Å². The lowest BCUT2D eigenvalue weighted by atomic mass is 10.1. The Balaban J connectivity index is 1.78. The van der Waals surface area contributed by atoms with Gasteiger partial charge in [-0.05, 0) is 55.0 Å². The molecule has 10 heteroatoms. The largest absolute Gasteiger partial charge is 0.345 e. The predicted molar refractivity (Wildman–Crippen MR) is 117 cm³/mol.